The van der Waals surface area contributed by atoms with Gasteiger partial charge in [-0.2, -0.15) is 0 Å². The number of ketones is 1. The van der Waals surface area contributed by atoms with Crippen LogP contribution < -0.4 is 4.90 Å². The van der Waals surface area contributed by atoms with Gasteiger partial charge in [-0.05, 0) is 44.0 Å². The zero-order valence-electron chi connectivity index (χ0n) is 15.4. The maximum atomic E-state index is 13.5. The van der Waals surface area contributed by atoms with Crippen molar-refractivity contribution in [2.24, 2.45) is 0 Å². The van der Waals surface area contributed by atoms with E-state index in [0.29, 0.717) is 13.2 Å². The number of anilines is 1. The average Bonchev–Trinajstić information content (AvgIpc) is 2.63. The fourth-order valence-electron chi connectivity index (χ4n) is 3.38. The van der Waals surface area contributed by atoms with Crippen molar-refractivity contribution in [1.29, 1.82) is 0 Å². The van der Waals surface area contributed by atoms with Crippen LogP contribution in [0.25, 0.3) is 0 Å². The van der Waals surface area contributed by atoms with Crippen molar-refractivity contribution in [1.82, 2.24) is 4.90 Å². The predicted octanol–water partition coefficient (Wildman–Crippen LogP) is 3.38. The molecule has 0 amide bonds. The van der Waals surface area contributed by atoms with E-state index >= 15 is 0 Å². The summed E-state index contributed by atoms with van der Waals surface area (Å²) in [5, 5.41) is 0. The van der Waals surface area contributed by atoms with Crippen molar-refractivity contribution in [3.63, 3.8) is 0 Å². The maximum absolute atomic E-state index is 13.5. The summed E-state index contributed by atoms with van der Waals surface area (Å²) >= 11 is 0. The number of morpholine rings is 1. The monoisotopic (exact) mass is 330 g/mol. The Hall–Kier alpha value is -1.65. The first-order valence-electron chi connectivity index (χ1n) is 8.81. The molecule has 1 unspecified atom stereocenters. The van der Waals surface area contributed by atoms with Crippen LogP contribution in [0.1, 0.15) is 37.0 Å². The molecule has 0 radical (unpaired) electrons. The number of nitrogens with zero attached hydrogens (tertiary/aromatic N) is 2. The SMILES string of the molecule is CC=CCC(CC)(C(=O)c1ccc(N(C)C)cc1)N1CCOCC1. The highest BCUT2D eigenvalue weighted by atomic mass is 16.5. The lowest BCUT2D eigenvalue weighted by Crippen LogP contribution is -2.57. The summed E-state index contributed by atoms with van der Waals surface area (Å²) in [6, 6.07) is 7.95. The Balaban J connectivity index is 2.35. The van der Waals surface area contributed by atoms with Crippen LogP contribution in [0.5, 0.6) is 0 Å². The van der Waals surface area contributed by atoms with Crippen molar-refractivity contribution < 1.29 is 9.53 Å². The molecule has 0 bridgehead atoms. The predicted molar refractivity (Wildman–Crippen MR) is 99.9 cm³/mol. The second-order valence-electron chi connectivity index (χ2n) is 6.53. The molecule has 1 aliphatic rings. The van der Waals surface area contributed by atoms with Gasteiger partial charge in [0.2, 0.25) is 0 Å². The summed E-state index contributed by atoms with van der Waals surface area (Å²) in [5.41, 5.74) is 1.42. The number of rotatable bonds is 7. The van der Waals surface area contributed by atoms with E-state index in [9.17, 15) is 4.79 Å². The Morgan fingerprint density at radius 3 is 2.38 bits per heavy atom. The molecular weight excluding hydrogens is 300 g/mol. The molecule has 4 heteroatoms. The number of ether oxygens (including phenoxy) is 1. The summed E-state index contributed by atoms with van der Waals surface area (Å²) in [4.78, 5) is 17.8. The van der Waals surface area contributed by atoms with Crippen molar-refractivity contribution in [2.45, 2.75) is 32.2 Å². The van der Waals surface area contributed by atoms with Gasteiger partial charge in [-0.15, -0.1) is 0 Å². The first-order chi connectivity index (χ1) is 11.5. The first-order valence-corrected chi connectivity index (χ1v) is 8.81. The van der Waals surface area contributed by atoms with Crippen LogP contribution in [0.4, 0.5) is 5.69 Å². The second-order valence-corrected chi connectivity index (χ2v) is 6.53. The molecule has 2 rings (SSSR count). The van der Waals surface area contributed by atoms with Crippen LogP contribution in [0, 0.1) is 0 Å². The minimum Gasteiger partial charge on any atom is -0.379 e. The van der Waals surface area contributed by atoms with Gasteiger partial charge in [-0.25, -0.2) is 0 Å². The summed E-state index contributed by atoms with van der Waals surface area (Å²) in [7, 11) is 4.01. The lowest BCUT2D eigenvalue weighted by Gasteiger charge is -2.44. The van der Waals surface area contributed by atoms with Gasteiger partial charge in [0.15, 0.2) is 5.78 Å². The van der Waals surface area contributed by atoms with E-state index in [1.54, 1.807) is 0 Å². The molecule has 132 valence electrons. The highest BCUT2D eigenvalue weighted by molar-refractivity contribution is 6.03. The smallest absolute Gasteiger partial charge is 0.183 e. The van der Waals surface area contributed by atoms with Crippen LogP contribution in [-0.4, -0.2) is 56.6 Å². The van der Waals surface area contributed by atoms with Gasteiger partial charge in [0.1, 0.15) is 0 Å². The number of allylic oxidation sites excluding steroid dienone is 1. The number of benzene rings is 1. The van der Waals surface area contributed by atoms with E-state index in [2.05, 4.69) is 17.9 Å². The Labute approximate surface area is 146 Å². The average molecular weight is 330 g/mol. The molecule has 1 saturated heterocycles. The van der Waals surface area contributed by atoms with Crippen molar-refractivity contribution in [3.05, 3.63) is 42.0 Å². The summed E-state index contributed by atoms with van der Waals surface area (Å²) < 4.78 is 5.49. The van der Waals surface area contributed by atoms with Crippen LogP contribution >= 0.6 is 0 Å². The van der Waals surface area contributed by atoms with E-state index in [-0.39, 0.29) is 5.78 Å². The lowest BCUT2D eigenvalue weighted by molar-refractivity contribution is -0.0154. The normalized spacial score (nSPS) is 18.5. The third kappa shape index (κ3) is 3.87. The molecule has 1 fully saturated rings. The molecule has 1 aromatic rings. The molecule has 0 aromatic heterocycles. The van der Waals surface area contributed by atoms with Crippen LogP contribution in [0.15, 0.2) is 36.4 Å². The number of carbonyl (C=O) groups is 1. The number of carbonyl (C=O) groups excluding carboxylic acids is 1. The quantitative estimate of drug-likeness (QED) is 0.567. The summed E-state index contributed by atoms with van der Waals surface area (Å²) in [5.74, 6) is 0.218. The Bertz CT molecular complexity index is 560. The van der Waals surface area contributed by atoms with Gasteiger partial charge < -0.3 is 9.64 Å². The van der Waals surface area contributed by atoms with Crippen LogP contribution in [0.3, 0.4) is 0 Å². The first kappa shape index (κ1) is 18.7. The standard InChI is InChI=1S/C20H30N2O2/c1-5-7-12-20(6-2,22-13-15-24-16-14-22)19(23)17-8-10-18(11-9-17)21(3)4/h5,7-11H,6,12-16H2,1-4H3. The molecule has 1 atom stereocenters. The van der Waals surface area contributed by atoms with E-state index in [4.69, 9.17) is 4.74 Å². The Morgan fingerprint density at radius 2 is 1.88 bits per heavy atom. The molecule has 0 aliphatic carbocycles. The van der Waals surface area contributed by atoms with Crippen LogP contribution in [0.2, 0.25) is 0 Å². The molecule has 0 N–H and O–H groups in total. The third-order valence-electron chi connectivity index (χ3n) is 4.96. The van der Waals surface area contributed by atoms with E-state index < -0.39 is 5.54 Å². The molecule has 1 heterocycles. The molecule has 4 nitrogen and oxygen atoms in total. The van der Waals surface area contributed by atoms with E-state index in [1.165, 1.54) is 0 Å². The topological polar surface area (TPSA) is 32.8 Å². The van der Waals surface area contributed by atoms with Gasteiger partial charge in [-0.3, -0.25) is 9.69 Å². The van der Waals surface area contributed by atoms with Gasteiger partial charge in [0.25, 0.3) is 0 Å². The molecule has 24 heavy (non-hydrogen) atoms. The lowest BCUT2D eigenvalue weighted by atomic mass is 9.81. The highest BCUT2D eigenvalue weighted by Gasteiger charge is 2.42. The highest BCUT2D eigenvalue weighted by Crippen LogP contribution is 2.31. The Kier molecular flexibility index (Phi) is 6.58. The molecule has 0 saturated carbocycles. The van der Waals surface area contributed by atoms with Gasteiger partial charge in [0, 0.05) is 38.4 Å². The zero-order chi connectivity index (χ0) is 17.6. The minimum atomic E-state index is -0.476. The second kappa shape index (κ2) is 8.45. The van der Waals surface area contributed by atoms with Gasteiger partial charge in [0.05, 0.1) is 18.8 Å². The maximum Gasteiger partial charge on any atom is 0.183 e. The van der Waals surface area contributed by atoms with Crippen molar-refractivity contribution in [3.8, 4) is 0 Å². The van der Waals surface area contributed by atoms with Crippen LogP contribution in [-0.2, 0) is 4.74 Å². The van der Waals surface area contributed by atoms with E-state index in [0.717, 1.165) is 37.2 Å². The largest absolute Gasteiger partial charge is 0.379 e. The molecule has 1 aliphatic heterocycles. The Morgan fingerprint density at radius 1 is 1.25 bits per heavy atom. The number of hydrogen-bond donors (Lipinski definition) is 0. The number of Topliss-reactive ketones (excluding diaryl/α,β-unsaturated/α-hetero) is 1. The summed E-state index contributed by atoms with van der Waals surface area (Å²) in [6.07, 6.45) is 5.69. The minimum absolute atomic E-state index is 0.218. The van der Waals surface area contributed by atoms with Gasteiger partial charge >= 0.3 is 0 Å². The molecule has 1 aromatic carbocycles. The number of hydrogen-bond acceptors (Lipinski definition) is 4. The van der Waals surface area contributed by atoms with Crippen molar-refractivity contribution in [2.75, 3.05) is 45.3 Å². The van der Waals surface area contributed by atoms with E-state index in [1.807, 2.05) is 56.3 Å². The van der Waals surface area contributed by atoms with Gasteiger partial charge in [-0.1, -0.05) is 19.1 Å². The molecule has 0 spiro atoms. The summed E-state index contributed by atoms with van der Waals surface area (Å²) in [6.45, 7) is 7.15. The van der Waals surface area contributed by atoms with Crippen molar-refractivity contribution >= 4 is 11.5 Å². The third-order valence-corrected chi connectivity index (χ3v) is 4.96. The fraction of sp³-hybridized carbons (Fsp3) is 0.550. The molecular formula is C20H30N2O2. The zero-order valence-corrected chi connectivity index (χ0v) is 15.4. The fourth-order valence-corrected chi connectivity index (χ4v) is 3.38.